The molecular formula is C27H25F3N4O5. The number of methoxy groups -OCH3 is 1. The second-order valence-electron chi connectivity index (χ2n) is 8.94. The van der Waals surface area contributed by atoms with E-state index in [2.05, 4.69) is 15.2 Å². The van der Waals surface area contributed by atoms with Crippen molar-refractivity contribution in [3.63, 3.8) is 0 Å². The maximum atomic E-state index is 13.4. The number of nitrogens with zero attached hydrogens (tertiary/aromatic N) is 4. The SMILES string of the molecule is CCOC(=O)C1(Oc2cccc(C(F)(F)F)c2)CCCn2c(-c3ccc(-c4cnc(C)o4)c(OC)c3)nnc21. The van der Waals surface area contributed by atoms with Crippen molar-refractivity contribution in [3.05, 3.63) is 65.9 Å². The summed E-state index contributed by atoms with van der Waals surface area (Å²) >= 11 is 0. The number of hydrogen-bond donors (Lipinski definition) is 0. The lowest BCUT2D eigenvalue weighted by Gasteiger charge is -2.35. The summed E-state index contributed by atoms with van der Waals surface area (Å²) in [5, 5.41) is 8.63. The highest BCUT2D eigenvalue weighted by Gasteiger charge is 2.51. The first-order valence-corrected chi connectivity index (χ1v) is 12.2. The fourth-order valence-electron chi connectivity index (χ4n) is 4.66. The molecule has 39 heavy (non-hydrogen) atoms. The number of alkyl halides is 3. The summed E-state index contributed by atoms with van der Waals surface area (Å²) in [7, 11) is 1.53. The minimum absolute atomic E-state index is 0.0489. The van der Waals surface area contributed by atoms with E-state index in [1.165, 1.54) is 19.2 Å². The lowest BCUT2D eigenvalue weighted by atomic mass is 9.92. The molecule has 4 aromatic rings. The van der Waals surface area contributed by atoms with Crippen LogP contribution in [0.25, 0.3) is 22.7 Å². The van der Waals surface area contributed by atoms with Gasteiger partial charge in [0.1, 0.15) is 11.5 Å². The predicted molar refractivity (Wildman–Crippen MR) is 132 cm³/mol. The molecule has 1 aliphatic rings. The van der Waals surface area contributed by atoms with Gasteiger partial charge in [-0.3, -0.25) is 0 Å². The zero-order valence-corrected chi connectivity index (χ0v) is 21.4. The maximum absolute atomic E-state index is 13.4. The molecular weight excluding hydrogens is 517 g/mol. The van der Waals surface area contributed by atoms with Crippen LogP contribution in [0.4, 0.5) is 13.2 Å². The van der Waals surface area contributed by atoms with Crippen molar-refractivity contribution in [3.8, 4) is 34.2 Å². The van der Waals surface area contributed by atoms with Crippen molar-refractivity contribution in [2.75, 3.05) is 13.7 Å². The Morgan fingerprint density at radius 2 is 2.00 bits per heavy atom. The summed E-state index contributed by atoms with van der Waals surface area (Å²) in [5.41, 5.74) is -1.35. The van der Waals surface area contributed by atoms with Crippen LogP contribution in [0.15, 0.2) is 53.1 Å². The quantitative estimate of drug-likeness (QED) is 0.280. The second-order valence-corrected chi connectivity index (χ2v) is 8.94. The predicted octanol–water partition coefficient (Wildman–Crippen LogP) is 5.57. The van der Waals surface area contributed by atoms with Crippen molar-refractivity contribution < 1.29 is 36.6 Å². The highest BCUT2D eigenvalue weighted by atomic mass is 19.4. The van der Waals surface area contributed by atoms with Crippen LogP contribution in [0, 0.1) is 6.92 Å². The average Bonchev–Trinajstić information content (AvgIpc) is 3.55. The first-order chi connectivity index (χ1) is 18.7. The molecule has 2 aromatic heterocycles. The molecule has 0 aliphatic carbocycles. The number of fused-ring (bicyclic) bond motifs is 1. The highest BCUT2D eigenvalue weighted by Crippen LogP contribution is 2.41. The zero-order chi connectivity index (χ0) is 27.8. The normalized spacial score (nSPS) is 17.0. The van der Waals surface area contributed by atoms with Gasteiger partial charge in [-0.15, -0.1) is 10.2 Å². The Labute approximate surface area is 221 Å². The average molecular weight is 543 g/mol. The van der Waals surface area contributed by atoms with Crippen LogP contribution < -0.4 is 9.47 Å². The Morgan fingerprint density at radius 3 is 2.69 bits per heavy atom. The van der Waals surface area contributed by atoms with Crippen LogP contribution in [0.2, 0.25) is 0 Å². The van der Waals surface area contributed by atoms with Crippen LogP contribution in [0.1, 0.15) is 37.0 Å². The summed E-state index contributed by atoms with van der Waals surface area (Å²) in [6.07, 6.45) is -2.37. The molecule has 0 amide bonds. The summed E-state index contributed by atoms with van der Waals surface area (Å²) in [5.74, 6) is 1.25. The maximum Gasteiger partial charge on any atom is 0.416 e. The molecule has 0 spiro atoms. The Bertz CT molecular complexity index is 1510. The summed E-state index contributed by atoms with van der Waals surface area (Å²) in [4.78, 5) is 17.5. The van der Waals surface area contributed by atoms with Gasteiger partial charge in [0.05, 0.1) is 31.0 Å². The van der Waals surface area contributed by atoms with Gasteiger partial charge in [-0.25, -0.2) is 9.78 Å². The van der Waals surface area contributed by atoms with Crippen LogP contribution in [0.5, 0.6) is 11.5 Å². The molecule has 0 bridgehead atoms. The van der Waals surface area contributed by atoms with E-state index in [1.54, 1.807) is 42.8 Å². The van der Waals surface area contributed by atoms with Crippen LogP contribution in [-0.4, -0.2) is 39.4 Å². The largest absolute Gasteiger partial charge is 0.496 e. The molecule has 0 N–H and O–H groups in total. The van der Waals surface area contributed by atoms with E-state index < -0.39 is 23.3 Å². The lowest BCUT2D eigenvalue weighted by Crippen LogP contribution is -2.47. The number of aromatic nitrogens is 4. The van der Waals surface area contributed by atoms with Gasteiger partial charge in [0.2, 0.25) is 0 Å². The van der Waals surface area contributed by atoms with Crippen molar-refractivity contribution >= 4 is 5.97 Å². The van der Waals surface area contributed by atoms with E-state index in [9.17, 15) is 18.0 Å². The number of rotatable bonds is 7. The number of carbonyl (C=O) groups excluding carboxylic acids is 1. The van der Waals surface area contributed by atoms with E-state index in [1.807, 2.05) is 0 Å². The van der Waals surface area contributed by atoms with Gasteiger partial charge in [0, 0.05) is 25.5 Å². The molecule has 3 heterocycles. The number of oxazole rings is 1. The number of halogens is 3. The number of benzene rings is 2. The molecule has 9 nitrogen and oxygen atoms in total. The van der Waals surface area contributed by atoms with E-state index in [4.69, 9.17) is 18.6 Å². The standard InChI is InChI=1S/C27H25F3N4O5/c1-4-37-25(35)26(39-19-8-5-7-18(14-19)27(28,29)30)11-6-12-34-23(32-33-24(26)34)17-9-10-20(21(13-17)36-3)22-15-31-16(2)38-22/h5,7-10,13-15H,4,6,11-12H2,1-3H3. The molecule has 5 rings (SSSR count). The van der Waals surface area contributed by atoms with E-state index >= 15 is 0 Å². The van der Waals surface area contributed by atoms with Gasteiger partial charge in [-0.2, -0.15) is 13.2 Å². The third-order valence-corrected chi connectivity index (χ3v) is 6.43. The van der Waals surface area contributed by atoms with Gasteiger partial charge in [0.25, 0.3) is 5.60 Å². The highest BCUT2D eigenvalue weighted by molar-refractivity contribution is 5.81. The van der Waals surface area contributed by atoms with Crippen LogP contribution in [-0.2, 0) is 27.9 Å². The van der Waals surface area contributed by atoms with Gasteiger partial charge in [0.15, 0.2) is 23.3 Å². The number of carbonyl (C=O) groups is 1. The molecule has 1 unspecified atom stereocenters. The number of ether oxygens (including phenoxy) is 3. The van der Waals surface area contributed by atoms with Gasteiger partial charge in [-0.05, 0) is 43.7 Å². The first kappa shape index (κ1) is 26.3. The number of hydrogen-bond acceptors (Lipinski definition) is 8. The topological polar surface area (TPSA) is 102 Å². The number of esters is 1. The molecule has 0 saturated carbocycles. The van der Waals surface area contributed by atoms with Crippen molar-refractivity contribution in [1.82, 2.24) is 19.7 Å². The second kappa shape index (κ2) is 10.1. The Balaban J connectivity index is 1.58. The van der Waals surface area contributed by atoms with E-state index in [-0.39, 0.29) is 24.6 Å². The summed E-state index contributed by atoms with van der Waals surface area (Å²) < 4.78 is 64.4. The minimum atomic E-state index is -4.58. The zero-order valence-electron chi connectivity index (χ0n) is 21.4. The van der Waals surface area contributed by atoms with E-state index in [0.717, 1.165) is 12.1 Å². The third kappa shape index (κ3) is 4.82. The molecule has 12 heteroatoms. The molecule has 204 valence electrons. The molecule has 1 aliphatic heterocycles. The van der Waals surface area contributed by atoms with Crippen LogP contribution >= 0.6 is 0 Å². The Hall–Kier alpha value is -4.35. The van der Waals surface area contributed by atoms with E-state index in [0.29, 0.717) is 47.3 Å². The number of aryl methyl sites for hydroxylation is 1. The Morgan fingerprint density at radius 1 is 1.18 bits per heavy atom. The molecule has 0 saturated heterocycles. The Kier molecular flexibility index (Phi) is 6.79. The molecule has 0 radical (unpaired) electrons. The minimum Gasteiger partial charge on any atom is -0.496 e. The molecule has 0 fully saturated rings. The van der Waals surface area contributed by atoms with Crippen molar-refractivity contribution in [1.29, 1.82) is 0 Å². The smallest absolute Gasteiger partial charge is 0.416 e. The first-order valence-electron chi connectivity index (χ1n) is 12.2. The van der Waals surface area contributed by atoms with Gasteiger partial charge in [-0.1, -0.05) is 12.1 Å². The van der Waals surface area contributed by atoms with Gasteiger partial charge >= 0.3 is 12.1 Å². The fraction of sp³-hybridized carbons (Fsp3) is 0.333. The van der Waals surface area contributed by atoms with Crippen molar-refractivity contribution in [2.24, 2.45) is 0 Å². The lowest BCUT2D eigenvalue weighted by molar-refractivity contribution is -0.166. The molecule has 2 aromatic carbocycles. The third-order valence-electron chi connectivity index (χ3n) is 6.43. The monoisotopic (exact) mass is 542 g/mol. The summed E-state index contributed by atoms with van der Waals surface area (Å²) in [6, 6.07) is 9.74. The van der Waals surface area contributed by atoms with Crippen molar-refractivity contribution in [2.45, 2.75) is 45.0 Å². The van der Waals surface area contributed by atoms with Crippen LogP contribution in [0.3, 0.4) is 0 Å². The summed E-state index contributed by atoms with van der Waals surface area (Å²) in [6.45, 7) is 3.88. The van der Waals surface area contributed by atoms with Gasteiger partial charge < -0.3 is 23.2 Å². The molecule has 1 atom stereocenters. The fourth-order valence-corrected chi connectivity index (χ4v) is 4.66.